The smallest absolute Gasteiger partial charge is 0.271 e. The third kappa shape index (κ3) is 5.41. The van der Waals surface area contributed by atoms with Gasteiger partial charge in [-0.1, -0.05) is 37.3 Å². The Labute approximate surface area is 154 Å². The molecule has 1 amide bonds. The molecular formula is C20H28N4O2. The van der Waals surface area contributed by atoms with E-state index in [-0.39, 0.29) is 11.8 Å². The highest BCUT2D eigenvalue weighted by atomic mass is 16.5. The molecular weight excluding hydrogens is 328 g/mol. The number of ether oxygens (including phenoxy) is 1. The lowest BCUT2D eigenvalue weighted by atomic mass is 10.1. The minimum Gasteiger partial charge on any atom is -0.376 e. The second-order valence-corrected chi connectivity index (χ2v) is 7.00. The Morgan fingerprint density at radius 1 is 1.38 bits per heavy atom. The molecule has 6 heteroatoms. The average molecular weight is 356 g/mol. The lowest BCUT2D eigenvalue weighted by Crippen LogP contribution is -2.33. The Morgan fingerprint density at radius 2 is 2.23 bits per heavy atom. The maximum atomic E-state index is 12.3. The molecule has 0 aliphatic carbocycles. The van der Waals surface area contributed by atoms with Crippen molar-refractivity contribution < 1.29 is 9.53 Å². The molecule has 1 aromatic heterocycles. The van der Waals surface area contributed by atoms with E-state index in [2.05, 4.69) is 22.7 Å². The van der Waals surface area contributed by atoms with Crippen LogP contribution in [0.5, 0.6) is 0 Å². The number of nitrogens with one attached hydrogen (secondary N) is 2. The Balaban J connectivity index is 1.38. The highest BCUT2D eigenvalue weighted by Crippen LogP contribution is 2.15. The van der Waals surface area contributed by atoms with Gasteiger partial charge < -0.3 is 15.4 Å². The van der Waals surface area contributed by atoms with Gasteiger partial charge in [-0.25, -0.2) is 0 Å². The topological polar surface area (TPSA) is 68.2 Å². The molecule has 2 heterocycles. The van der Waals surface area contributed by atoms with Gasteiger partial charge in [0.2, 0.25) is 0 Å². The third-order valence-electron chi connectivity index (χ3n) is 4.61. The van der Waals surface area contributed by atoms with E-state index in [0.717, 1.165) is 31.5 Å². The summed E-state index contributed by atoms with van der Waals surface area (Å²) in [7, 11) is 0. The molecule has 2 N–H and O–H groups in total. The summed E-state index contributed by atoms with van der Waals surface area (Å²) in [5.41, 5.74) is 1.64. The van der Waals surface area contributed by atoms with E-state index < -0.39 is 0 Å². The van der Waals surface area contributed by atoms with Gasteiger partial charge in [-0.2, -0.15) is 5.10 Å². The molecule has 0 radical (unpaired) electrons. The number of carbonyl (C=O) groups is 1. The van der Waals surface area contributed by atoms with E-state index in [4.69, 9.17) is 4.74 Å². The first-order valence-electron chi connectivity index (χ1n) is 9.38. The fourth-order valence-corrected chi connectivity index (χ4v) is 3.09. The summed E-state index contributed by atoms with van der Waals surface area (Å²) in [5.74, 6) is 0.120. The number of hydrogen-bond acceptors (Lipinski definition) is 4. The van der Waals surface area contributed by atoms with E-state index in [0.29, 0.717) is 31.5 Å². The predicted molar refractivity (Wildman–Crippen MR) is 101 cm³/mol. The van der Waals surface area contributed by atoms with Crippen molar-refractivity contribution in [3.63, 3.8) is 0 Å². The van der Waals surface area contributed by atoms with Crippen molar-refractivity contribution in [1.82, 2.24) is 20.4 Å². The molecule has 1 fully saturated rings. The molecule has 6 nitrogen and oxygen atoms in total. The normalized spacial score (nSPS) is 18.4. The maximum absolute atomic E-state index is 12.3. The van der Waals surface area contributed by atoms with Crippen LogP contribution < -0.4 is 10.6 Å². The van der Waals surface area contributed by atoms with E-state index in [9.17, 15) is 4.79 Å². The van der Waals surface area contributed by atoms with E-state index in [1.165, 1.54) is 0 Å². The Morgan fingerprint density at radius 3 is 3.00 bits per heavy atom. The minimum atomic E-state index is -0.123. The number of piperidine rings is 1. The van der Waals surface area contributed by atoms with Gasteiger partial charge in [0.25, 0.3) is 5.91 Å². The van der Waals surface area contributed by atoms with Crippen molar-refractivity contribution in [1.29, 1.82) is 0 Å². The van der Waals surface area contributed by atoms with Gasteiger partial charge in [0.1, 0.15) is 5.69 Å². The fourth-order valence-electron chi connectivity index (χ4n) is 3.09. The molecule has 0 spiro atoms. The molecule has 1 saturated heterocycles. The van der Waals surface area contributed by atoms with Gasteiger partial charge in [0.05, 0.1) is 19.3 Å². The summed E-state index contributed by atoms with van der Waals surface area (Å²) in [6.45, 7) is 5.83. The summed E-state index contributed by atoms with van der Waals surface area (Å²) in [6, 6.07) is 12.2. The summed E-state index contributed by atoms with van der Waals surface area (Å²) in [4.78, 5) is 12.3. The highest BCUT2D eigenvalue weighted by Gasteiger charge is 2.17. The standard InChI is InChI=1S/C20H28N4O2/c1-16(14-26-15-17-6-3-2-4-7-17)12-22-20(25)19-9-11-24(23-19)18-8-5-10-21-13-18/h2-4,6-7,9,11,16,18,21H,5,8,10,12-15H2,1H3,(H,22,25). The molecule has 2 unspecified atom stereocenters. The van der Waals surface area contributed by atoms with Crippen molar-refractivity contribution in [2.75, 3.05) is 26.2 Å². The summed E-state index contributed by atoms with van der Waals surface area (Å²) < 4.78 is 7.64. The molecule has 0 bridgehead atoms. The van der Waals surface area contributed by atoms with Gasteiger partial charge >= 0.3 is 0 Å². The lowest BCUT2D eigenvalue weighted by Gasteiger charge is -2.22. The van der Waals surface area contributed by atoms with Crippen molar-refractivity contribution in [2.45, 2.75) is 32.4 Å². The Bertz CT molecular complexity index is 680. The second kappa shape index (κ2) is 9.50. The van der Waals surface area contributed by atoms with Crippen molar-refractivity contribution in [3.8, 4) is 0 Å². The van der Waals surface area contributed by atoms with Crippen LogP contribution in [0.25, 0.3) is 0 Å². The first-order chi connectivity index (χ1) is 12.7. The molecule has 1 aliphatic heterocycles. The second-order valence-electron chi connectivity index (χ2n) is 7.00. The van der Waals surface area contributed by atoms with Crippen LogP contribution in [0.4, 0.5) is 0 Å². The van der Waals surface area contributed by atoms with Crippen LogP contribution in [0.2, 0.25) is 0 Å². The van der Waals surface area contributed by atoms with Crippen LogP contribution in [-0.2, 0) is 11.3 Å². The monoisotopic (exact) mass is 356 g/mol. The summed E-state index contributed by atoms with van der Waals surface area (Å²) >= 11 is 0. The SMILES string of the molecule is CC(CNC(=O)c1ccn(C2CCCNC2)n1)COCc1ccccc1. The molecule has 2 atom stereocenters. The van der Waals surface area contributed by atoms with Crippen LogP contribution in [0, 0.1) is 5.92 Å². The minimum absolute atomic E-state index is 0.123. The van der Waals surface area contributed by atoms with E-state index >= 15 is 0 Å². The quantitative estimate of drug-likeness (QED) is 0.762. The van der Waals surface area contributed by atoms with Gasteiger partial charge in [-0.05, 0) is 36.9 Å². The molecule has 2 aromatic rings. The third-order valence-corrected chi connectivity index (χ3v) is 4.61. The van der Waals surface area contributed by atoms with Crippen LogP contribution in [0.3, 0.4) is 0 Å². The Hall–Kier alpha value is -2.18. The first-order valence-corrected chi connectivity index (χ1v) is 9.38. The van der Waals surface area contributed by atoms with Crippen LogP contribution in [-0.4, -0.2) is 41.9 Å². The van der Waals surface area contributed by atoms with Crippen molar-refractivity contribution in [2.24, 2.45) is 5.92 Å². The molecule has 0 saturated carbocycles. The molecule has 26 heavy (non-hydrogen) atoms. The number of nitrogens with zero attached hydrogens (tertiary/aromatic N) is 2. The maximum Gasteiger partial charge on any atom is 0.271 e. The number of carbonyl (C=O) groups excluding carboxylic acids is 1. The zero-order chi connectivity index (χ0) is 18.2. The van der Waals surface area contributed by atoms with Gasteiger partial charge in [-0.3, -0.25) is 9.48 Å². The predicted octanol–water partition coefficient (Wildman–Crippen LogP) is 2.39. The highest BCUT2D eigenvalue weighted by molar-refractivity contribution is 5.92. The van der Waals surface area contributed by atoms with Crippen molar-refractivity contribution in [3.05, 3.63) is 53.9 Å². The number of amides is 1. The zero-order valence-corrected chi connectivity index (χ0v) is 15.4. The molecule has 1 aliphatic rings. The van der Waals surface area contributed by atoms with Crippen molar-refractivity contribution >= 4 is 5.91 Å². The van der Waals surface area contributed by atoms with Crippen LogP contribution in [0.15, 0.2) is 42.6 Å². The van der Waals surface area contributed by atoms with Gasteiger partial charge in [0, 0.05) is 19.3 Å². The van der Waals surface area contributed by atoms with Gasteiger partial charge in [0.15, 0.2) is 0 Å². The summed E-state index contributed by atoms with van der Waals surface area (Å²) in [6.07, 6.45) is 4.15. The number of aromatic nitrogens is 2. The Kier molecular flexibility index (Phi) is 6.80. The number of hydrogen-bond donors (Lipinski definition) is 2. The fraction of sp³-hybridized carbons (Fsp3) is 0.500. The molecule has 1 aromatic carbocycles. The lowest BCUT2D eigenvalue weighted by molar-refractivity contribution is 0.0840. The molecule has 140 valence electrons. The van der Waals surface area contributed by atoms with Crippen LogP contribution >= 0.6 is 0 Å². The van der Waals surface area contributed by atoms with Crippen LogP contribution in [0.1, 0.15) is 41.9 Å². The largest absolute Gasteiger partial charge is 0.376 e. The number of benzene rings is 1. The molecule has 3 rings (SSSR count). The number of rotatable bonds is 8. The van der Waals surface area contributed by atoms with E-state index in [1.807, 2.05) is 41.2 Å². The summed E-state index contributed by atoms with van der Waals surface area (Å²) in [5, 5.41) is 10.8. The van der Waals surface area contributed by atoms with E-state index in [1.54, 1.807) is 6.07 Å². The first kappa shape index (κ1) is 18.6. The zero-order valence-electron chi connectivity index (χ0n) is 15.4. The average Bonchev–Trinajstić information content (AvgIpc) is 3.18. The van der Waals surface area contributed by atoms with Gasteiger partial charge in [-0.15, -0.1) is 0 Å².